The van der Waals surface area contributed by atoms with Gasteiger partial charge in [0.1, 0.15) is 6.10 Å². The number of ether oxygens (including phenoxy) is 3. The number of hydrogen-bond acceptors (Lipinski definition) is 6. The van der Waals surface area contributed by atoms with Crippen molar-refractivity contribution >= 4 is 12.1 Å². The molecule has 0 aromatic rings. The second kappa shape index (κ2) is 9.56. The highest BCUT2D eigenvalue weighted by molar-refractivity contribution is 5.68. The van der Waals surface area contributed by atoms with Gasteiger partial charge in [-0.2, -0.15) is 0 Å². The number of hydrogen-bond donors (Lipinski definition) is 2. The summed E-state index contributed by atoms with van der Waals surface area (Å²) in [5.74, 6) is 0.895. The Labute approximate surface area is 251 Å². The highest BCUT2D eigenvalue weighted by Gasteiger charge is 2.84. The van der Waals surface area contributed by atoms with Crippen LogP contribution >= 0.6 is 0 Å². The molecular formula is C34H53NO7. The van der Waals surface area contributed by atoms with Crippen LogP contribution in [0.15, 0.2) is 0 Å². The van der Waals surface area contributed by atoms with Crippen LogP contribution in [0.4, 0.5) is 4.79 Å². The van der Waals surface area contributed by atoms with Crippen LogP contribution in [0.3, 0.4) is 0 Å². The molecule has 4 unspecified atom stereocenters. The molecule has 8 heteroatoms. The largest absolute Gasteiger partial charge is 0.481 e. The lowest BCUT2D eigenvalue weighted by Crippen LogP contribution is -2.60. The number of carboxylic acid groups (broad SMARTS) is 1. The second-order valence-corrected chi connectivity index (χ2v) is 16.5. The van der Waals surface area contributed by atoms with Gasteiger partial charge in [-0.3, -0.25) is 4.79 Å². The average molecular weight is 588 g/mol. The number of aliphatic hydroxyl groups excluding tert-OH is 1. The van der Waals surface area contributed by atoms with Gasteiger partial charge >= 0.3 is 12.1 Å². The summed E-state index contributed by atoms with van der Waals surface area (Å²) in [5, 5.41) is 21.6. The van der Waals surface area contributed by atoms with E-state index in [1.165, 1.54) is 12.8 Å². The quantitative estimate of drug-likeness (QED) is 0.447. The number of amides is 1. The Morgan fingerprint density at radius 2 is 1.67 bits per heavy atom. The number of carboxylic acids is 1. The number of morpholine rings is 1. The molecule has 0 bridgehead atoms. The van der Waals surface area contributed by atoms with E-state index < -0.39 is 12.1 Å². The van der Waals surface area contributed by atoms with Crippen LogP contribution < -0.4 is 0 Å². The van der Waals surface area contributed by atoms with Gasteiger partial charge < -0.3 is 29.3 Å². The van der Waals surface area contributed by atoms with Crippen molar-refractivity contribution in [3.05, 3.63) is 0 Å². The van der Waals surface area contributed by atoms with Crippen molar-refractivity contribution in [2.45, 2.75) is 123 Å². The van der Waals surface area contributed by atoms with Crippen LogP contribution in [-0.2, 0) is 19.0 Å². The summed E-state index contributed by atoms with van der Waals surface area (Å²) >= 11 is 0. The van der Waals surface area contributed by atoms with Gasteiger partial charge in [0.15, 0.2) is 0 Å². The molecule has 8 nitrogen and oxygen atoms in total. The first-order valence-corrected chi connectivity index (χ1v) is 16.9. The van der Waals surface area contributed by atoms with E-state index in [0.717, 1.165) is 38.5 Å². The number of aliphatic hydroxyl groups is 1. The van der Waals surface area contributed by atoms with Crippen LogP contribution in [0.1, 0.15) is 98.8 Å². The molecule has 42 heavy (non-hydrogen) atoms. The summed E-state index contributed by atoms with van der Waals surface area (Å²) in [6.07, 6.45) is 8.29. The minimum absolute atomic E-state index is 0.00120. The third-order valence-corrected chi connectivity index (χ3v) is 15.0. The van der Waals surface area contributed by atoms with Crippen LogP contribution in [0.2, 0.25) is 0 Å². The Bertz CT molecular complexity index is 1120. The molecule has 0 aromatic carbocycles. The fourth-order valence-electron chi connectivity index (χ4n) is 13.0. The molecule has 236 valence electrons. The Morgan fingerprint density at radius 3 is 2.38 bits per heavy atom. The Hall–Kier alpha value is -1.38. The van der Waals surface area contributed by atoms with Gasteiger partial charge in [-0.25, -0.2) is 4.79 Å². The second-order valence-electron chi connectivity index (χ2n) is 16.5. The lowest BCUT2D eigenvalue weighted by Gasteiger charge is -2.63. The van der Waals surface area contributed by atoms with Crippen molar-refractivity contribution in [3.63, 3.8) is 0 Å². The minimum atomic E-state index is -0.779. The maximum absolute atomic E-state index is 13.1. The predicted molar refractivity (Wildman–Crippen MR) is 156 cm³/mol. The topological polar surface area (TPSA) is 106 Å². The van der Waals surface area contributed by atoms with E-state index in [-0.39, 0.29) is 57.9 Å². The first kappa shape index (κ1) is 29.3. The van der Waals surface area contributed by atoms with E-state index >= 15 is 0 Å². The number of nitrogens with zero attached hydrogens (tertiary/aromatic N) is 1. The predicted octanol–water partition coefficient (Wildman–Crippen LogP) is 5.50. The summed E-state index contributed by atoms with van der Waals surface area (Å²) in [4.78, 5) is 26.2. The van der Waals surface area contributed by atoms with Crippen molar-refractivity contribution in [1.82, 2.24) is 4.90 Å². The lowest BCUT2D eigenvalue weighted by molar-refractivity contribution is -0.183. The van der Waals surface area contributed by atoms with Crippen LogP contribution in [-0.4, -0.2) is 77.9 Å². The zero-order valence-electron chi connectivity index (χ0n) is 26.4. The van der Waals surface area contributed by atoms with Gasteiger partial charge in [0.25, 0.3) is 0 Å². The average Bonchev–Trinajstić information content (AvgIpc) is 3.58. The number of fused-ring (bicyclic) bond motifs is 4. The molecule has 7 fully saturated rings. The smallest absolute Gasteiger partial charge is 0.410 e. The number of carbonyl (C=O) groups is 2. The molecule has 0 aromatic heterocycles. The van der Waals surface area contributed by atoms with E-state index in [1.54, 1.807) is 4.90 Å². The van der Waals surface area contributed by atoms with Gasteiger partial charge in [0.05, 0.1) is 31.5 Å². The third-order valence-electron chi connectivity index (χ3n) is 15.0. The zero-order valence-corrected chi connectivity index (χ0v) is 26.4. The SMILES string of the molecule is C[C@@H]1CC(CCC(=O)O)OC2C1[C@@]1(C)CC[C@@]34C[C@@]35CCC(OC(=O)N3CCOCC3)C(C)(C)[C@@H]5CC[C@H]4[C@]1(C)[C@H]2O. The minimum Gasteiger partial charge on any atom is -0.481 e. The molecule has 0 radical (unpaired) electrons. The Balaban J connectivity index is 1.13. The molecule has 12 atom stereocenters. The van der Waals surface area contributed by atoms with Gasteiger partial charge in [0.2, 0.25) is 0 Å². The first-order valence-electron chi connectivity index (χ1n) is 16.9. The van der Waals surface area contributed by atoms with Crippen molar-refractivity contribution in [3.8, 4) is 0 Å². The molecule has 2 spiro atoms. The summed E-state index contributed by atoms with van der Waals surface area (Å²) in [5.41, 5.74) is 0.209. The van der Waals surface area contributed by atoms with Crippen molar-refractivity contribution in [2.24, 2.45) is 50.7 Å². The highest BCUT2D eigenvalue weighted by atomic mass is 16.6. The Morgan fingerprint density at radius 1 is 0.976 bits per heavy atom. The summed E-state index contributed by atoms with van der Waals surface area (Å²) in [7, 11) is 0. The molecule has 5 saturated carbocycles. The van der Waals surface area contributed by atoms with E-state index in [4.69, 9.17) is 14.2 Å². The molecule has 1 amide bonds. The molecule has 7 rings (SSSR count). The van der Waals surface area contributed by atoms with Crippen molar-refractivity contribution in [2.75, 3.05) is 26.3 Å². The van der Waals surface area contributed by atoms with E-state index in [9.17, 15) is 19.8 Å². The summed E-state index contributed by atoms with van der Waals surface area (Å²) in [6, 6.07) is 0. The number of carbonyl (C=O) groups excluding carboxylic acids is 1. The van der Waals surface area contributed by atoms with Gasteiger partial charge in [-0.05, 0) is 97.7 Å². The van der Waals surface area contributed by atoms with Gasteiger partial charge in [0, 0.05) is 30.3 Å². The normalized spacial score (nSPS) is 52.2. The highest BCUT2D eigenvalue weighted by Crippen LogP contribution is 2.89. The van der Waals surface area contributed by atoms with E-state index in [0.29, 0.717) is 56.4 Å². The van der Waals surface area contributed by atoms with Crippen molar-refractivity contribution < 1.29 is 34.0 Å². The van der Waals surface area contributed by atoms with Crippen LogP contribution in [0.25, 0.3) is 0 Å². The molecule has 2 N–H and O–H groups in total. The molecule has 2 heterocycles. The number of rotatable bonds is 4. The fourth-order valence-corrected chi connectivity index (χ4v) is 13.0. The molecule has 5 aliphatic carbocycles. The number of aliphatic carboxylic acids is 1. The lowest BCUT2D eigenvalue weighted by atomic mass is 9.41. The first-order chi connectivity index (χ1) is 19.8. The van der Waals surface area contributed by atoms with E-state index in [1.807, 2.05) is 0 Å². The summed E-state index contributed by atoms with van der Waals surface area (Å²) < 4.78 is 18.4. The summed E-state index contributed by atoms with van der Waals surface area (Å²) in [6.45, 7) is 14.2. The molecule has 2 saturated heterocycles. The monoisotopic (exact) mass is 587 g/mol. The standard InChI is InChI=1S/C34H53NO7/c1-20-18-21(6-9-25(36)37)41-27-26(20)31(4)12-13-34-19-33(34)11-10-24(42-29(39)35-14-16-40-17-15-35)30(2,3)22(33)7-8-23(34)32(31,5)28(27)38/h20-24,26-28,38H,6-19H2,1-5H3,(H,36,37)/t20-,21?,22+,23+,24?,26?,27?,28+,31-,32-,33-,34+/m1/s1. The maximum atomic E-state index is 13.1. The zero-order chi connectivity index (χ0) is 29.9. The molecular weight excluding hydrogens is 534 g/mol. The van der Waals surface area contributed by atoms with Crippen LogP contribution in [0, 0.1) is 50.7 Å². The molecule has 2 aliphatic heterocycles. The van der Waals surface area contributed by atoms with Gasteiger partial charge in [-0.15, -0.1) is 0 Å². The molecule has 7 aliphatic rings. The van der Waals surface area contributed by atoms with E-state index in [2.05, 4.69) is 34.6 Å². The third kappa shape index (κ3) is 3.70. The Kier molecular flexibility index (Phi) is 6.68. The van der Waals surface area contributed by atoms with Gasteiger partial charge in [-0.1, -0.05) is 34.6 Å². The maximum Gasteiger partial charge on any atom is 0.410 e. The van der Waals surface area contributed by atoms with Crippen molar-refractivity contribution in [1.29, 1.82) is 0 Å². The van der Waals surface area contributed by atoms with Crippen LogP contribution in [0.5, 0.6) is 0 Å². The fraction of sp³-hybridized carbons (Fsp3) is 0.941.